The second-order valence-corrected chi connectivity index (χ2v) is 6.67. The lowest BCUT2D eigenvalue weighted by Crippen LogP contribution is -2.47. The number of hydrogen-bond donors (Lipinski definition) is 1. The molecule has 1 saturated heterocycles. The third-order valence-electron chi connectivity index (χ3n) is 3.08. The Morgan fingerprint density at radius 1 is 1.17 bits per heavy atom. The quantitative estimate of drug-likeness (QED) is 0.815. The highest BCUT2D eigenvalue weighted by molar-refractivity contribution is 7.91. The highest BCUT2D eigenvalue weighted by Crippen LogP contribution is 2.14. The van der Waals surface area contributed by atoms with E-state index in [1.807, 2.05) is 18.2 Å². The first-order chi connectivity index (χ1) is 8.49. The third kappa shape index (κ3) is 2.88. The number of carbonyl (C=O) groups excluding carboxylic acids is 1. The summed E-state index contributed by atoms with van der Waals surface area (Å²) in [7, 11) is -2.97. The number of rotatable bonds is 2. The van der Waals surface area contributed by atoms with Crippen LogP contribution in [0, 0.1) is 0 Å². The minimum absolute atomic E-state index is 0.0280. The molecule has 2 rings (SSSR count). The number of sulfone groups is 1. The standard InChI is InChI=1S/C12H16N2O3S/c13-11(10-4-2-1-3-5-10)12(15)14-6-8-18(16,17)9-7-14/h1-5,11H,6-9,13H2/t11-/m1/s1. The maximum absolute atomic E-state index is 12.1. The van der Waals surface area contributed by atoms with E-state index >= 15 is 0 Å². The lowest BCUT2D eigenvalue weighted by Gasteiger charge is -2.29. The summed E-state index contributed by atoms with van der Waals surface area (Å²) in [5, 5.41) is 0. The van der Waals surface area contributed by atoms with Crippen molar-refractivity contribution >= 4 is 15.7 Å². The largest absolute Gasteiger partial charge is 0.339 e. The van der Waals surface area contributed by atoms with Crippen molar-refractivity contribution in [3.05, 3.63) is 35.9 Å². The summed E-state index contributed by atoms with van der Waals surface area (Å²) in [5.74, 6) is -0.156. The Balaban J connectivity index is 2.05. The number of hydrogen-bond acceptors (Lipinski definition) is 4. The second kappa shape index (κ2) is 5.07. The van der Waals surface area contributed by atoms with Gasteiger partial charge >= 0.3 is 0 Å². The number of carbonyl (C=O) groups is 1. The van der Waals surface area contributed by atoms with Gasteiger partial charge in [-0.15, -0.1) is 0 Å². The van der Waals surface area contributed by atoms with Gasteiger partial charge in [-0.05, 0) is 5.56 Å². The fourth-order valence-electron chi connectivity index (χ4n) is 1.93. The van der Waals surface area contributed by atoms with Crippen LogP contribution < -0.4 is 5.73 Å². The first-order valence-corrected chi connectivity index (χ1v) is 7.61. The van der Waals surface area contributed by atoms with Crippen LogP contribution in [0.25, 0.3) is 0 Å². The van der Waals surface area contributed by atoms with Gasteiger partial charge in [-0.1, -0.05) is 30.3 Å². The Labute approximate surface area is 107 Å². The van der Waals surface area contributed by atoms with Gasteiger partial charge in [0.25, 0.3) is 0 Å². The smallest absolute Gasteiger partial charge is 0.244 e. The molecule has 0 radical (unpaired) electrons. The fourth-order valence-corrected chi connectivity index (χ4v) is 3.13. The predicted molar refractivity (Wildman–Crippen MR) is 68.6 cm³/mol. The summed E-state index contributed by atoms with van der Waals surface area (Å²) in [4.78, 5) is 13.6. The molecule has 98 valence electrons. The molecule has 1 heterocycles. The molecule has 1 aliphatic rings. The molecule has 1 aromatic carbocycles. The van der Waals surface area contributed by atoms with Crippen LogP contribution in [0.4, 0.5) is 0 Å². The van der Waals surface area contributed by atoms with Crippen molar-refractivity contribution in [2.24, 2.45) is 5.73 Å². The zero-order valence-corrected chi connectivity index (χ0v) is 10.8. The average Bonchev–Trinajstić information content (AvgIpc) is 2.38. The van der Waals surface area contributed by atoms with Crippen LogP contribution in [-0.2, 0) is 14.6 Å². The van der Waals surface area contributed by atoms with Crippen LogP contribution in [-0.4, -0.2) is 43.8 Å². The first kappa shape index (κ1) is 13.0. The lowest BCUT2D eigenvalue weighted by atomic mass is 10.1. The molecule has 0 unspecified atom stereocenters. The van der Waals surface area contributed by atoms with Gasteiger partial charge in [0.2, 0.25) is 5.91 Å². The molecular formula is C12H16N2O3S. The molecule has 0 aliphatic carbocycles. The van der Waals surface area contributed by atoms with Gasteiger partial charge in [-0.25, -0.2) is 8.42 Å². The minimum atomic E-state index is -2.97. The lowest BCUT2D eigenvalue weighted by molar-refractivity contribution is -0.132. The Hall–Kier alpha value is -1.40. The number of amides is 1. The van der Waals surface area contributed by atoms with E-state index in [-0.39, 0.29) is 30.5 Å². The zero-order valence-electron chi connectivity index (χ0n) is 9.95. The van der Waals surface area contributed by atoms with Crippen LogP contribution in [0.3, 0.4) is 0 Å². The Morgan fingerprint density at radius 3 is 2.28 bits per heavy atom. The van der Waals surface area contributed by atoms with E-state index in [1.165, 1.54) is 4.90 Å². The van der Waals surface area contributed by atoms with Crippen LogP contribution in [0.1, 0.15) is 11.6 Å². The van der Waals surface area contributed by atoms with Crippen molar-refractivity contribution < 1.29 is 13.2 Å². The summed E-state index contributed by atoms with van der Waals surface area (Å²) < 4.78 is 22.6. The molecule has 2 N–H and O–H groups in total. The number of benzene rings is 1. The Kier molecular flexibility index (Phi) is 3.68. The Morgan fingerprint density at radius 2 is 1.72 bits per heavy atom. The van der Waals surface area contributed by atoms with Gasteiger partial charge in [0.05, 0.1) is 11.5 Å². The van der Waals surface area contributed by atoms with Crippen LogP contribution >= 0.6 is 0 Å². The van der Waals surface area contributed by atoms with Gasteiger partial charge in [0.1, 0.15) is 6.04 Å². The Bertz CT molecular complexity index is 514. The van der Waals surface area contributed by atoms with Gasteiger partial charge in [0, 0.05) is 13.1 Å². The van der Waals surface area contributed by atoms with Gasteiger partial charge in [-0.2, -0.15) is 0 Å². The van der Waals surface area contributed by atoms with E-state index < -0.39 is 15.9 Å². The highest BCUT2D eigenvalue weighted by atomic mass is 32.2. The topological polar surface area (TPSA) is 80.5 Å². The van der Waals surface area contributed by atoms with Crippen molar-refractivity contribution in [3.63, 3.8) is 0 Å². The molecule has 1 aliphatic heterocycles. The summed E-state index contributed by atoms with van der Waals surface area (Å²) in [6, 6.07) is 8.37. The normalized spacial score (nSPS) is 20.4. The van der Waals surface area contributed by atoms with E-state index in [4.69, 9.17) is 5.73 Å². The molecule has 0 aromatic heterocycles. The maximum Gasteiger partial charge on any atom is 0.244 e. The van der Waals surface area contributed by atoms with Crippen molar-refractivity contribution in [1.82, 2.24) is 4.90 Å². The molecule has 1 atom stereocenters. The van der Waals surface area contributed by atoms with Crippen molar-refractivity contribution in [3.8, 4) is 0 Å². The van der Waals surface area contributed by atoms with E-state index in [2.05, 4.69) is 0 Å². The van der Waals surface area contributed by atoms with E-state index in [1.54, 1.807) is 12.1 Å². The molecular weight excluding hydrogens is 252 g/mol. The second-order valence-electron chi connectivity index (χ2n) is 4.37. The average molecular weight is 268 g/mol. The highest BCUT2D eigenvalue weighted by Gasteiger charge is 2.28. The number of nitrogens with zero attached hydrogens (tertiary/aromatic N) is 1. The molecule has 6 heteroatoms. The monoisotopic (exact) mass is 268 g/mol. The van der Waals surface area contributed by atoms with E-state index in [9.17, 15) is 13.2 Å². The minimum Gasteiger partial charge on any atom is -0.339 e. The maximum atomic E-state index is 12.1. The van der Waals surface area contributed by atoms with Crippen LogP contribution in [0.2, 0.25) is 0 Å². The predicted octanol–water partition coefficient (Wildman–Crippen LogP) is -0.0566. The van der Waals surface area contributed by atoms with Crippen molar-refractivity contribution in [2.75, 3.05) is 24.6 Å². The molecule has 1 aromatic rings. The fraction of sp³-hybridized carbons (Fsp3) is 0.417. The molecule has 0 saturated carbocycles. The van der Waals surface area contributed by atoms with Crippen molar-refractivity contribution in [1.29, 1.82) is 0 Å². The van der Waals surface area contributed by atoms with Gasteiger partial charge in [-0.3, -0.25) is 4.79 Å². The SMILES string of the molecule is N[C@@H](C(=O)N1CCS(=O)(=O)CC1)c1ccccc1. The molecule has 18 heavy (non-hydrogen) atoms. The van der Waals surface area contributed by atoms with Gasteiger partial charge in [0.15, 0.2) is 9.84 Å². The summed E-state index contributed by atoms with van der Waals surface area (Å²) in [6.45, 7) is 0.476. The van der Waals surface area contributed by atoms with Crippen LogP contribution in [0.15, 0.2) is 30.3 Å². The third-order valence-corrected chi connectivity index (χ3v) is 4.69. The summed E-state index contributed by atoms with van der Waals surface area (Å²) in [6.07, 6.45) is 0. The molecule has 1 fully saturated rings. The summed E-state index contributed by atoms with van der Waals surface area (Å²) in [5.41, 5.74) is 6.64. The molecule has 0 bridgehead atoms. The van der Waals surface area contributed by atoms with Crippen LogP contribution in [0.5, 0.6) is 0 Å². The number of nitrogens with two attached hydrogens (primary N) is 1. The molecule has 0 spiro atoms. The van der Waals surface area contributed by atoms with Crippen molar-refractivity contribution in [2.45, 2.75) is 6.04 Å². The van der Waals surface area contributed by atoms with E-state index in [0.717, 1.165) is 5.56 Å². The van der Waals surface area contributed by atoms with E-state index in [0.29, 0.717) is 0 Å². The van der Waals surface area contributed by atoms with Gasteiger partial charge < -0.3 is 10.6 Å². The zero-order chi connectivity index (χ0) is 13.2. The molecule has 5 nitrogen and oxygen atoms in total. The first-order valence-electron chi connectivity index (χ1n) is 5.79. The molecule has 1 amide bonds. The summed E-state index contributed by atoms with van der Waals surface area (Å²) >= 11 is 0.